The van der Waals surface area contributed by atoms with Gasteiger partial charge in [-0.1, -0.05) is 13.3 Å². The molecule has 2 fully saturated rings. The van der Waals surface area contributed by atoms with E-state index in [0.29, 0.717) is 6.61 Å². The van der Waals surface area contributed by atoms with Gasteiger partial charge in [0.2, 0.25) is 0 Å². The highest BCUT2D eigenvalue weighted by Gasteiger charge is 2.43. The normalized spacial score (nSPS) is 31.7. The maximum atomic E-state index is 12.5. The predicted molar refractivity (Wildman–Crippen MR) is 112 cm³/mol. The van der Waals surface area contributed by atoms with Crippen LogP contribution in [0.2, 0.25) is 0 Å². The first kappa shape index (κ1) is 26.2. The van der Waals surface area contributed by atoms with E-state index in [-0.39, 0.29) is 18.4 Å². The second kappa shape index (κ2) is 11.3. The van der Waals surface area contributed by atoms with Gasteiger partial charge in [-0.3, -0.25) is 23.4 Å². The summed E-state index contributed by atoms with van der Waals surface area (Å²) >= 11 is 0. The number of aromatic amines is 1. The molecule has 188 valence electrons. The van der Waals surface area contributed by atoms with Gasteiger partial charge in [0, 0.05) is 31.2 Å². The number of hydrogen-bond acceptors (Lipinski definition) is 10. The van der Waals surface area contributed by atoms with Crippen molar-refractivity contribution in [3.8, 4) is 0 Å². The SMILES string of the molecule is CCCCO[C@@H]1C[C@H](O)[C@@H](COP(=O)(O)O[C@H]2C[C@H](n3cc(C)c(=O)[nH]c3=O)O[C@@H]2CO)O1. The summed E-state index contributed by atoms with van der Waals surface area (Å²) < 4.78 is 40.4. The van der Waals surface area contributed by atoms with Gasteiger partial charge in [-0.05, 0) is 13.3 Å². The molecule has 0 aliphatic carbocycles. The van der Waals surface area contributed by atoms with Gasteiger partial charge in [-0.15, -0.1) is 0 Å². The Balaban J connectivity index is 1.56. The molecule has 4 N–H and O–H groups in total. The lowest BCUT2D eigenvalue weighted by molar-refractivity contribution is -0.143. The lowest BCUT2D eigenvalue weighted by atomic mass is 10.2. The molecule has 1 aromatic rings. The number of aryl methyl sites for hydroxylation is 1. The third kappa shape index (κ3) is 6.81. The number of rotatable bonds is 11. The minimum atomic E-state index is -4.63. The number of nitrogens with zero attached hydrogens (tertiary/aromatic N) is 1. The largest absolute Gasteiger partial charge is 0.472 e. The number of phosphoric ester groups is 1. The summed E-state index contributed by atoms with van der Waals surface area (Å²) in [7, 11) is -4.63. The third-order valence-electron chi connectivity index (χ3n) is 5.48. The van der Waals surface area contributed by atoms with Crippen molar-refractivity contribution >= 4 is 7.82 Å². The molecule has 2 aliphatic rings. The van der Waals surface area contributed by atoms with Gasteiger partial charge in [-0.2, -0.15) is 0 Å². The second-order valence-corrected chi connectivity index (χ2v) is 9.47. The molecule has 2 aliphatic heterocycles. The first-order chi connectivity index (χ1) is 15.6. The molecule has 0 radical (unpaired) electrons. The zero-order valence-corrected chi connectivity index (χ0v) is 19.4. The number of nitrogens with one attached hydrogen (secondary N) is 1. The van der Waals surface area contributed by atoms with Gasteiger partial charge in [-0.25, -0.2) is 9.36 Å². The molecule has 14 heteroatoms. The van der Waals surface area contributed by atoms with Gasteiger partial charge < -0.3 is 29.3 Å². The van der Waals surface area contributed by atoms with Crippen LogP contribution in [0, 0.1) is 6.92 Å². The summed E-state index contributed by atoms with van der Waals surface area (Å²) in [5.74, 6) is 0. The van der Waals surface area contributed by atoms with E-state index in [0.717, 1.165) is 17.4 Å². The first-order valence-corrected chi connectivity index (χ1v) is 12.3. The Kier molecular flexibility index (Phi) is 9.01. The summed E-state index contributed by atoms with van der Waals surface area (Å²) in [4.78, 5) is 36.0. The Labute approximate surface area is 189 Å². The molecule has 33 heavy (non-hydrogen) atoms. The summed E-state index contributed by atoms with van der Waals surface area (Å²) in [5.41, 5.74) is -0.992. The minimum Gasteiger partial charge on any atom is -0.394 e. The van der Waals surface area contributed by atoms with E-state index in [4.69, 9.17) is 23.3 Å². The molecule has 1 aromatic heterocycles. The summed E-state index contributed by atoms with van der Waals surface area (Å²) in [6.07, 6.45) is -2.19. The molecule has 2 saturated heterocycles. The molecule has 3 rings (SSSR count). The molecule has 0 spiro atoms. The third-order valence-corrected chi connectivity index (χ3v) is 6.49. The molecule has 0 bridgehead atoms. The average molecular weight is 494 g/mol. The smallest absolute Gasteiger partial charge is 0.394 e. The number of H-pyrrole nitrogens is 1. The fourth-order valence-corrected chi connectivity index (χ4v) is 4.58. The van der Waals surface area contributed by atoms with Crippen molar-refractivity contribution in [1.29, 1.82) is 0 Å². The van der Waals surface area contributed by atoms with E-state index >= 15 is 0 Å². The Morgan fingerprint density at radius 3 is 2.73 bits per heavy atom. The quantitative estimate of drug-likeness (QED) is 0.239. The zero-order chi connectivity index (χ0) is 24.2. The van der Waals surface area contributed by atoms with Gasteiger partial charge >= 0.3 is 13.5 Å². The first-order valence-electron chi connectivity index (χ1n) is 10.8. The van der Waals surface area contributed by atoms with E-state index in [9.17, 15) is 29.3 Å². The van der Waals surface area contributed by atoms with Crippen LogP contribution in [0.4, 0.5) is 0 Å². The summed E-state index contributed by atoms with van der Waals surface area (Å²) in [5, 5.41) is 19.7. The van der Waals surface area contributed by atoms with Crippen LogP contribution in [0.3, 0.4) is 0 Å². The Bertz CT molecular complexity index is 950. The van der Waals surface area contributed by atoms with Crippen LogP contribution in [0.5, 0.6) is 0 Å². The predicted octanol–water partition coefficient (Wildman–Crippen LogP) is -0.0804. The lowest BCUT2D eigenvalue weighted by Crippen LogP contribution is -2.33. The second-order valence-electron chi connectivity index (χ2n) is 8.07. The molecular weight excluding hydrogens is 463 g/mol. The van der Waals surface area contributed by atoms with E-state index in [1.54, 1.807) is 0 Å². The molecule has 3 heterocycles. The van der Waals surface area contributed by atoms with Crippen molar-refractivity contribution in [1.82, 2.24) is 9.55 Å². The van der Waals surface area contributed by atoms with Crippen LogP contribution in [-0.2, 0) is 27.8 Å². The number of aliphatic hydroxyl groups is 2. The Morgan fingerprint density at radius 1 is 1.27 bits per heavy atom. The van der Waals surface area contributed by atoms with Crippen molar-refractivity contribution in [2.75, 3.05) is 19.8 Å². The fourth-order valence-electron chi connectivity index (χ4n) is 3.62. The minimum absolute atomic E-state index is 0.0551. The number of aliphatic hydroxyl groups excluding tert-OH is 2. The van der Waals surface area contributed by atoms with Gasteiger partial charge in [0.15, 0.2) is 6.29 Å². The highest BCUT2D eigenvalue weighted by molar-refractivity contribution is 7.47. The van der Waals surface area contributed by atoms with E-state index < -0.39 is 69.2 Å². The molecule has 0 aromatic carbocycles. The van der Waals surface area contributed by atoms with Crippen LogP contribution >= 0.6 is 7.82 Å². The fraction of sp³-hybridized carbons (Fsp3) is 0.789. The van der Waals surface area contributed by atoms with Crippen LogP contribution in [-0.4, -0.2) is 75.2 Å². The van der Waals surface area contributed by atoms with Crippen molar-refractivity contribution in [2.45, 2.75) is 76.5 Å². The molecule has 0 saturated carbocycles. The van der Waals surface area contributed by atoms with Gasteiger partial charge in [0.1, 0.15) is 24.5 Å². The summed E-state index contributed by atoms with van der Waals surface area (Å²) in [6.45, 7) is 3.05. The highest BCUT2D eigenvalue weighted by Crippen LogP contribution is 2.48. The van der Waals surface area contributed by atoms with E-state index in [2.05, 4.69) is 4.98 Å². The molecule has 7 atom stereocenters. The Morgan fingerprint density at radius 2 is 2.03 bits per heavy atom. The maximum absolute atomic E-state index is 12.5. The average Bonchev–Trinajstić information content (AvgIpc) is 3.31. The Hall–Kier alpha value is -1.41. The standard InChI is InChI=1S/C19H31N2O11P/c1-3-4-5-28-17-6-12(23)15(31-17)10-29-33(26,27)32-13-7-16(30-14(13)9-22)21-8-11(2)18(24)20-19(21)25/h8,12-17,22-23H,3-7,9-10H2,1-2H3,(H,26,27)(H,20,24,25)/t12-,13-,14+,15+,16+,17-/m0/s1. The van der Waals surface area contributed by atoms with E-state index in [1.165, 1.54) is 13.1 Å². The van der Waals surface area contributed by atoms with E-state index in [1.807, 2.05) is 6.92 Å². The van der Waals surface area contributed by atoms with Gasteiger partial charge in [0.05, 0.1) is 19.3 Å². The van der Waals surface area contributed by atoms with Crippen LogP contribution in [0.15, 0.2) is 15.8 Å². The highest BCUT2D eigenvalue weighted by atomic mass is 31.2. The van der Waals surface area contributed by atoms with Crippen molar-refractivity contribution in [3.63, 3.8) is 0 Å². The van der Waals surface area contributed by atoms with Crippen LogP contribution < -0.4 is 11.2 Å². The number of aromatic nitrogens is 2. The number of ether oxygens (including phenoxy) is 3. The zero-order valence-electron chi connectivity index (χ0n) is 18.5. The number of phosphoric acid groups is 1. The molecular formula is C19H31N2O11P. The molecule has 0 amide bonds. The van der Waals surface area contributed by atoms with Crippen molar-refractivity contribution in [3.05, 3.63) is 32.6 Å². The van der Waals surface area contributed by atoms with Crippen molar-refractivity contribution < 1.29 is 42.9 Å². The van der Waals surface area contributed by atoms with Crippen LogP contribution in [0.25, 0.3) is 0 Å². The molecule has 13 nitrogen and oxygen atoms in total. The van der Waals surface area contributed by atoms with Crippen LogP contribution in [0.1, 0.15) is 44.4 Å². The lowest BCUT2D eigenvalue weighted by Gasteiger charge is -2.21. The van der Waals surface area contributed by atoms with Crippen molar-refractivity contribution in [2.24, 2.45) is 0 Å². The topological polar surface area (TPSA) is 179 Å². The monoisotopic (exact) mass is 494 g/mol. The summed E-state index contributed by atoms with van der Waals surface area (Å²) in [6, 6.07) is 0. The number of hydrogen-bond donors (Lipinski definition) is 4. The molecule has 1 unspecified atom stereocenters. The van der Waals surface area contributed by atoms with Gasteiger partial charge in [0.25, 0.3) is 5.56 Å². The maximum Gasteiger partial charge on any atom is 0.472 e. The number of unbranched alkanes of at least 4 members (excludes halogenated alkanes) is 1.